The van der Waals surface area contributed by atoms with Crippen LogP contribution in [0.2, 0.25) is 0 Å². The number of allylic oxidation sites excluding steroid dienone is 2. The molecular formula is C21H21N5O3S. The van der Waals surface area contributed by atoms with Crippen LogP contribution in [0, 0.1) is 0 Å². The Bertz CT molecular complexity index is 1150. The van der Waals surface area contributed by atoms with Crippen molar-refractivity contribution in [1.82, 2.24) is 14.8 Å². The van der Waals surface area contributed by atoms with Gasteiger partial charge in [-0.3, -0.25) is 4.79 Å². The molecule has 0 amide bonds. The molecule has 9 heteroatoms. The number of thiophene rings is 1. The molecule has 2 aromatic heterocycles. The molecule has 0 radical (unpaired) electrons. The van der Waals surface area contributed by atoms with Crippen LogP contribution in [-0.4, -0.2) is 34.8 Å². The quantitative estimate of drug-likeness (QED) is 0.663. The molecule has 1 aromatic carbocycles. The number of nitrogen functional groups attached to an aromatic ring is 1. The monoisotopic (exact) mass is 423 g/mol. The minimum atomic E-state index is -0.306. The van der Waals surface area contributed by atoms with Gasteiger partial charge in [0.05, 0.1) is 14.2 Å². The van der Waals surface area contributed by atoms with E-state index in [1.807, 2.05) is 35.7 Å². The van der Waals surface area contributed by atoms with E-state index in [0.717, 1.165) is 21.7 Å². The topological polar surface area (TPSA) is 104 Å². The number of hydrogen-bond acceptors (Lipinski definition) is 8. The molecule has 30 heavy (non-hydrogen) atoms. The molecule has 154 valence electrons. The lowest BCUT2D eigenvalue weighted by Gasteiger charge is -2.34. The lowest BCUT2D eigenvalue weighted by atomic mass is 9.79. The van der Waals surface area contributed by atoms with Gasteiger partial charge in [0.2, 0.25) is 11.9 Å². The third-order valence-corrected chi connectivity index (χ3v) is 6.55. The molecular weight excluding hydrogens is 402 g/mol. The van der Waals surface area contributed by atoms with Crippen LogP contribution in [0.4, 0.5) is 11.9 Å². The average molecular weight is 423 g/mol. The number of aromatic nitrogens is 3. The molecule has 2 aliphatic rings. The fourth-order valence-electron chi connectivity index (χ4n) is 4.28. The smallest absolute Gasteiger partial charge is 0.241 e. The summed E-state index contributed by atoms with van der Waals surface area (Å²) in [6.45, 7) is 0. The standard InChI is InChI=1S/C21H21N5O3S/c1-28-15-6-5-11(10-16(15)29-2)12-8-13-18(14(27)9-12)19(17-4-3-7-30-17)26-21(23-13)24-20(22)25-26/h3-7,10,12,19H,8-9H2,1-2H3,(H3,22,23,24,25)/t12-,19+/m0/s1. The van der Waals surface area contributed by atoms with E-state index in [1.165, 1.54) is 0 Å². The first-order valence-electron chi connectivity index (χ1n) is 9.59. The molecule has 5 rings (SSSR count). The van der Waals surface area contributed by atoms with E-state index in [2.05, 4.69) is 15.4 Å². The van der Waals surface area contributed by atoms with Gasteiger partial charge < -0.3 is 20.5 Å². The van der Waals surface area contributed by atoms with Crippen molar-refractivity contribution in [3.8, 4) is 11.5 Å². The molecule has 3 aromatic rings. The average Bonchev–Trinajstić information content (AvgIpc) is 3.40. The van der Waals surface area contributed by atoms with Gasteiger partial charge in [-0.25, -0.2) is 4.68 Å². The van der Waals surface area contributed by atoms with Gasteiger partial charge in [-0.05, 0) is 41.5 Å². The van der Waals surface area contributed by atoms with E-state index in [-0.39, 0.29) is 23.7 Å². The molecule has 3 N–H and O–H groups in total. The second kappa shape index (κ2) is 7.17. The van der Waals surface area contributed by atoms with Crippen molar-refractivity contribution in [3.05, 3.63) is 57.4 Å². The van der Waals surface area contributed by atoms with Crippen molar-refractivity contribution >= 4 is 29.0 Å². The summed E-state index contributed by atoms with van der Waals surface area (Å²) in [4.78, 5) is 18.7. The van der Waals surface area contributed by atoms with Crippen LogP contribution in [0.1, 0.15) is 35.2 Å². The summed E-state index contributed by atoms with van der Waals surface area (Å²) in [7, 11) is 3.22. The molecule has 1 aliphatic heterocycles. The van der Waals surface area contributed by atoms with Gasteiger partial charge in [0, 0.05) is 22.6 Å². The van der Waals surface area contributed by atoms with Gasteiger partial charge >= 0.3 is 0 Å². The zero-order valence-corrected chi connectivity index (χ0v) is 17.4. The third-order valence-electron chi connectivity index (χ3n) is 5.63. The van der Waals surface area contributed by atoms with Crippen LogP contribution in [0.15, 0.2) is 47.0 Å². The predicted molar refractivity (Wildman–Crippen MR) is 114 cm³/mol. The molecule has 0 saturated carbocycles. The van der Waals surface area contributed by atoms with Gasteiger partial charge in [-0.1, -0.05) is 12.1 Å². The Balaban J connectivity index is 1.56. The van der Waals surface area contributed by atoms with E-state index in [4.69, 9.17) is 15.2 Å². The maximum absolute atomic E-state index is 13.4. The highest BCUT2D eigenvalue weighted by Gasteiger charge is 2.40. The molecule has 0 saturated heterocycles. The van der Waals surface area contributed by atoms with Crippen LogP contribution < -0.4 is 20.5 Å². The predicted octanol–water partition coefficient (Wildman–Crippen LogP) is 3.35. The number of ether oxygens (including phenoxy) is 2. The fourth-order valence-corrected chi connectivity index (χ4v) is 5.10. The van der Waals surface area contributed by atoms with Crippen LogP contribution in [0.3, 0.4) is 0 Å². The highest BCUT2D eigenvalue weighted by molar-refractivity contribution is 7.10. The van der Waals surface area contributed by atoms with Crippen molar-refractivity contribution in [2.24, 2.45) is 0 Å². The number of nitrogens with one attached hydrogen (secondary N) is 1. The maximum atomic E-state index is 13.4. The number of hydrogen-bond donors (Lipinski definition) is 2. The van der Waals surface area contributed by atoms with Crippen molar-refractivity contribution in [3.63, 3.8) is 0 Å². The number of carbonyl (C=O) groups excluding carboxylic acids is 1. The number of benzene rings is 1. The first-order valence-corrected chi connectivity index (χ1v) is 10.5. The number of carbonyl (C=O) groups is 1. The summed E-state index contributed by atoms with van der Waals surface area (Å²) in [6, 6.07) is 9.50. The molecule has 0 fully saturated rings. The SMILES string of the molecule is COc1ccc([C@@H]2CC(=O)C3=C(C2)Nc2nc(N)nn2[C@@H]3c2cccs2)cc1OC. The van der Waals surface area contributed by atoms with E-state index >= 15 is 0 Å². The Morgan fingerprint density at radius 2 is 2.03 bits per heavy atom. The van der Waals surface area contributed by atoms with Crippen LogP contribution >= 0.6 is 11.3 Å². The van der Waals surface area contributed by atoms with Crippen LogP contribution in [-0.2, 0) is 4.79 Å². The van der Waals surface area contributed by atoms with E-state index in [9.17, 15) is 4.79 Å². The van der Waals surface area contributed by atoms with Gasteiger partial charge in [0.25, 0.3) is 0 Å². The van der Waals surface area contributed by atoms with Gasteiger partial charge in [-0.2, -0.15) is 4.98 Å². The second-order valence-electron chi connectivity index (χ2n) is 7.32. The Morgan fingerprint density at radius 3 is 2.77 bits per heavy atom. The number of nitrogens with zero attached hydrogens (tertiary/aromatic N) is 3. The summed E-state index contributed by atoms with van der Waals surface area (Å²) in [5, 5.41) is 9.65. The first-order chi connectivity index (χ1) is 14.6. The molecule has 8 nitrogen and oxygen atoms in total. The van der Waals surface area contributed by atoms with Crippen molar-refractivity contribution in [1.29, 1.82) is 0 Å². The van der Waals surface area contributed by atoms with Gasteiger partial charge in [0.15, 0.2) is 17.3 Å². The molecule has 0 spiro atoms. The largest absolute Gasteiger partial charge is 0.493 e. The van der Waals surface area contributed by atoms with E-state index in [1.54, 1.807) is 30.2 Å². The first kappa shape index (κ1) is 18.7. The Kier molecular flexibility index (Phi) is 4.47. The molecule has 1 aliphatic carbocycles. The Morgan fingerprint density at radius 1 is 1.20 bits per heavy atom. The van der Waals surface area contributed by atoms with E-state index in [0.29, 0.717) is 30.3 Å². The molecule has 2 atom stereocenters. The molecule has 0 bridgehead atoms. The highest BCUT2D eigenvalue weighted by Crippen LogP contribution is 2.45. The van der Waals surface area contributed by atoms with Crippen molar-refractivity contribution in [2.45, 2.75) is 24.8 Å². The molecule has 3 heterocycles. The second-order valence-corrected chi connectivity index (χ2v) is 8.30. The zero-order valence-electron chi connectivity index (χ0n) is 16.6. The number of ketones is 1. The van der Waals surface area contributed by atoms with Gasteiger partial charge in [0.1, 0.15) is 6.04 Å². The highest BCUT2D eigenvalue weighted by atomic mass is 32.1. The number of fused-ring (bicyclic) bond motifs is 1. The number of Topliss-reactive ketones (excluding diaryl/α,β-unsaturated/α-hetero) is 1. The number of anilines is 2. The summed E-state index contributed by atoms with van der Waals surface area (Å²) in [6.07, 6.45) is 1.10. The summed E-state index contributed by atoms with van der Waals surface area (Å²) >= 11 is 1.59. The van der Waals surface area contributed by atoms with Crippen molar-refractivity contribution in [2.75, 3.05) is 25.3 Å². The maximum Gasteiger partial charge on any atom is 0.241 e. The minimum Gasteiger partial charge on any atom is -0.493 e. The number of methoxy groups -OCH3 is 2. The summed E-state index contributed by atoms with van der Waals surface area (Å²) in [5.74, 6) is 2.19. The number of nitrogens with two attached hydrogens (primary N) is 1. The summed E-state index contributed by atoms with van der Waals surface area (Å²) in [5.41, 5.74) is 8.52. The normalized spacial score (nSPS) is 20.4. The van der Waals surface area contributed by atoms with Crippen molar-refractivity contribution < 1.29 is 14.3 Å². The Labute approximate surface area is 177 Å². The zero-order chi connectivity index (χ0) is 20.8. The number of rotatable bonds is 4. The molecule has 0 unspecified atom stereocenters. The van der Waals surface area contributed by atoms with Gasteiger partial charge in [-0.15, -0.1) is 16.4 Å². The summed E-state index contributed by atoms with van der Waals surface area (Å²) < 4.78 is 12.5. The third kappa shape index (κ3) is 2.93. The van der Waals surface area contributed by atoms with Crippen LogP contribution in [0.25, 0.3) is 0 Å². The lowest BCUT2D eigenvalue weighted by Crippen LogP contribution is -2.33. The fraction of sp³-hybridized carbons (Fsp3) is 0.286. The van der Waals surface area contributed by atoms with E-state index < -0.39 is 0 Å². The lowest BCUT2D eigenvalue weighted by molar-refractivity contribution is -0.116. The van der Waals surface area contributed by atoms with Crippen LogP contribution in [0.5, 0.6) is 11.5 Å². The Hall–Kier alpha value is -3.33. The minimum absolute atomic E-state index is 0.0272.